The molecule has 1 aliphatic heterocycles. The monoisotopic (exact) mass is 470 g/mol. The Morgan fingerprint density at radius 2 is 1.55 bits per heavy atom. The highest BCUT2D eigenvalue weighted by Crippen LogP contribution is 2.60. The van der Waals surface area contributed by atoms with Crippen molar-refractivity contribution in [2.45, 2.75) is 38.5 Å². The summed E-state index contributed by atoms with van der Waals surface area (Å²) in [5.74, 6) is 3.42. The fourth-order valence-corrected chi connectivity index (χ4v) is 6.88. The van der Waals surface area contributed by atoms with Crippen molar-refractivity contribution in [2.24, 2.45) is 23.2 Å². The molecule has 0 spiro atoms. The van der Waals surface area contributed by atoms with Crippen LogP contribution in [0.25, 0.3) is 0 Å². The summed E-state index contributed by atoms with van der Waals surface area (Å²) in [5.41, 5.74) is 1.04. The van der Waals surface area contributed by atoms with Crippen LogP contribution >= 0.6 is 24.8 Å². The summed E-state index contributed by atoms with van der Waals surface area (Å²) >= 11 is 0. The summed E-state index contributed by atoms with van der Waals surface area (Å²) in [4.78, 5) is 17.8. The Morgan fingerprint density at radius 3 is 2.13 bits per heavy atom. The SMILES string of the molecule is COc1ccccc1N1CCN(CCOC(=O)C23CC4CC(CC(C4)C2)C3)CC1.Cl.Cl. The van der Waals surface area contributed by atoms with E-state index in [9.17, 15) is 4.79 Å². The molecule has 5 nitrogen and oxygen atoms in total. The Balaban J connectivity index is 0.00000136. The fraction of sp³-hybridized carbons (Fsp3) is 0.708. The van der Waals surface area contributed by atoms with Crippen LogP contribution < -0.4 is 9.64 Å². The van der Waals surface area contributed by atoms with Crippen molar-refractivity contribution < 1.29 is 14.3 Å². The number of anilines is 1. The Hall–Kier alpha value is -1.17. The van der Waals surface area contributed by atoms with E-state index in [1.165, 1.54) is 24.9 Å². The van der Waals surface area contributed by atoms with Crippen LogP contribution in [0, 0.1) is 23.2 Å². The van der Waals surface area contributed by atoms with Crippen molar-refractivity contribution in [3.05, 3.63) is 24.3 Å². The molecule has 0 aromatic heterocycles. The molecule has 1 aromatic carbocycles. The maximum absolute atomic E-state index is 13.0. The number of esters is 1. The Morgan fingerprint density at radius 1 is 0.968 bits per heavy atom. The summed E-state index contributed by atoms with van der Waals surface area (Å²) in [6.07, 6.45) is 7.37. The molecule has 0 radical (unpaired) electrons. The zero-order chi connectivity index (χ0) is 19.8. The van der Waals surface area contributed by atoms with E-state index in [4.69, 9.17) is 9.47 Å². The Kier molecular flexibility index (Phi) is 8.04. The zero-order valence-corrected chi connectivity index (χ0v) is 20.1. The number of halogens is 2. The van der Waals surface area contributed by atoms with E-state index in [-0.39, 0.29) is 36.2 Å². The molecular formula is C24H36Cl2N2O3. The van der Waals surface area contributed by atoms with Crippen LogP contribution in [0.15, 0.2) is 24.3 Å². The predicted octanol–water partition coefficient (Wildman–Crippen LogP) is 4.42. The number of hydrogen-bond acceptors (Lipinski definition) is 5. The molecule has 0 amide bonds. The second kappa shape index (κ2) is 10.2. The minimum absolute atomic E-state index is 0. The maximum Gasteiger partial charge on any atom is 0.312 e. The van der Waals surface area contributed by atoms with Crippen molar-refractivity contribution >= 4 is 36.5 Å². The third-order valence-electron chi connectivity index (χ3n) is 7.91. The molecule has 31 heavy (non-hydrogen) atoms. The average molecular weight is 471 g/mol. The van der Waals surface area contributed by atoms with E-state index in [0.717, 1.165) is 75.5 Å². The second-order valence-corrected chi connectivity index (χ2v) is 9.83. The number of ether oxygens (including phenoxy) is 2. The number of benzene rings is 1. The van der Waals surface area contributed by atoms with Crippen molar-refractivity contribution in [2.75, 3.05) is 51.3 Å². The van der Waals surface area contributed by atoms with Gasteiger partial charge in [-0.15, -0.1) is 24.8 Å². The van der Waals surface area contributed by atoms with E-state index in [1.807, 2.05) is 12.1 Å². The molecule has 0 unspecified atom stereocenters. The molecule has 0 atom stereocenters. The third kappa shape index (κ3) is 4.94. The van der Waals surface area contributed by atoms with Crippen LogP contribution in [0.4, 0.5) is 5.69 Å². The predicted molar refractivity (Wildman–Crippen MR) is 128 cm³/mol. The first-order valence-corrected chi connectivity index (χ1v) is 11.4. The van der Waals surface area contributed by atoms with Crippen molar-refractivity contribution in [1.29, 1.82) is 0 Å². The summed E-state index contributed by atoms with van der Waals surface area (Å²) in [7, 11) is 1.73. The number of hydrogen-bond donors (Lipinski definition) is 0. The Bertz CT molecular complexity index is 717. The zero-order valence-electron chi connectivity index (χ0n) is 18.5. The highest BCUT2D eigenvalue weighted by Gasteiger charge is 2.55. The van der Waals surface area contributed by atoms with Gasteiger partial charge in [0.05, 0.1) is 18.2 Å². The van der Waals surface area contributed by atoms with Crippen LogP contribution in [0.2, 0.25) is 0 Å². The van der Waals surface area contributed by atoms with Crippen LogP contribution in [-0.2, 0) is 9.53 Å². The van der Waals surface area contributed by atoms with Crippen molar-refractivity contribution in [3.8, 4) is 5.75 Å². The van der Waals surface area contributed by atoms with Crippen LogP contribution in [0.3, 0.4) is 0 Å². The van der Waals surface area contributed by atoms with E-state index >= 15 is 0 Å². The van der Waals surface area contributed by atoms with Crippen LogP contribution in [-0.4, -0.2) is 57.3 Å². The van der Waals surface area contributed by atoms with Gasteiger partial charge in [0.15, 0.2) is 0 Å². The molecule has 1 saturated heterocycles. The summed E-state index contributed by atoms with van der Waals surface area (Å²) in [6.45, 7) is 5.32. The fourth-order valence-electron chi connectivity index (χ4n) is 6.88. The van der Waals surface area contributed by atoms with Gasteiger partial charge in [-0.25, -0.2) is 0 Å². The van der Waals surface area contributed by atoms with Crippen LogP contribution in [0.5, 0.6) is 5.75 Å². The molecule has 0 N–H and O–H groups in total. The molecule has 1 heterocycles. The van der Waals surface area contributed by atoms with Crippen LogP contribution in [0.1, 0.15) is 38.5 Å². The highest BCUT2D eigenvalue weighted by atomic mass is 35.5. The van der Waals surface area contributed by atoms with Gasteiger partial charge < -0.3 is 14.4 Å². The summed E-state index contributed by atoms with van der Waals surface area (Å²) < 4.78 is 11.4. The minimum atomic E-state index is -0.128. The molecule has 4 aliphatic carbocycles. The van der Waals surface area contributed by atoms with Gasteiger partial charge in [0.1, 0.15) is 12.4 Å². The lowest BCUT2D eigenvalue weighted by atomic mass is 9.49. The van der Waals surface area contributed by atoms with Gasteiger partial charge in [-0.2, -0.15) is 0 Å². The van der Waals surface area contributed by atoms with E-state index in [1.54, 1.807) is 7.11 Å². The standard InChI is InChI=1S/C24H34N2O3.2ClH/c1-28-22-5-3-2-4-21(22)26-8-6-25(7-9-26)10-11-29-23(27)24-15-18-12-19(16-24)14-20(13-18)17-24;;/h2-5,18-20H,6-17H2,1H3;2*1H. The van der Waals surface area contributed by atoms with Crippen molar-refractivity contribution in [1.82, 2.24) is 4.90 Å². The molecule has 7 heteroatoms. The van der Waals surface area contributed by atoms with Gasteiger partial charge in [0, 0.05) is 32.7 Å². The lowest BCUT2D eigenvalue weighted by Crippen LogP contribution is -2.51. The van der Waals surface area contributed by atoms with E-state index in [2.05, 4.69) is 21.9 Å². The number of methoxy groups -OCH3 is 1. The number of para-hydroxylation sites is 2. The smallest absolute Gasteiger partial charge is 0.312 e. The van der Waals surface area contributed by atoms with E-state index in [0.29, 0.717) is 6.61 Å². The normalized spacial score (nSPS) is 31.5. The lowest BCUT2D eigenvalue weighted by molar-refractivity contribution is -0.172. The highest BCUT2D eigenvalue weighted by molar-refractivity contribution is 5.85. The molecule has 174 valence electrons. The topological polar surface area (TPSA) is 42.0 Å². The Labute approximate surface area is 198 Å². The second-order valence-electron chi connectivity index (χ2n) is 9.83. The van der Waals surface area contributed by atoms with Gasteiger partial charge in [-0.05, 0) is 68.4 Å². The van der Waals surface area contributed by atoms with Gasteiger partial charge >= 0.3 is 5.97 Å². The first kappa shape index (κ1) is 24.5. The van der Waals surface area contributed by atoms with E-state index < -0.39 is 0 Å². The average Bonchev–Trinajstić information content (AvgIpc) is 2.73. The number of piperazine rings is 1. The molecule has 4 saturated carbocycles. The van der Waals surface area contributed by atoms with Gasteiger partial charge in [0.25, 0.3) is 0 Å². The molecule has 5 fully saturated rings. The number of nitrogens with zero attached hydrogens (tertiary/aromatic N) is 2. The minimum Gasteiger partial charge on any atom is -0.495 e. The molecular weight excluding hydrogens is 435 g/mol. The quantitative estimate of drug-likeness (QED) is 0.575. The largest absolute Gasteiger partial charge is 0.495 e. The summed E-state index contributed by atoms with van der Waals surface area (Å²) in [6, 6.07) is 8.22. The number of carbonyl (C=O) groups excluding carboxylic acids is 1. The number of carbonyl (C=O) groups is 1. The first-order valence-electron chi connectivity index (χ1n) is 11.4. The first-order chi connectivity index (χ1) is 14.1. The molecule has 4 bridgehead atoms. The van der Waals surface area contributed by atoms with Gasteiger partial charge in [0.2, 0.25) is 0 Å². The maximum atomic E-state index is 13.0. The molecule has 1 aromatic rings. The lowest BCUT2D eigenvalue weighted by Gasteiger charge is -2.55. The number of rotatable bonds is 6. The molecule has 5 aliphatic rings. The van der Waals surface area contributed by atoms with Gasteiger partial charge in [-0.3, -0.25) is 9.69 Å². The van der Waals surface area contributed by atoms with Gasteiger partial charge in [-0.1, -0.05) is 12.1 Å². The summed E-state index contributed by atoms with van der Waals surface area (Å²) in [5, 5.41) is 0. The molecule has 6 rings (SSSR count). The van der Waals surface area contributed by atoms with Crippen molar-refractivity contribution in [3.63, 3.8) is 0 Å². The third-order valence-corrected chi connectivity index (χ3v) is 7.91.